The molecular formula is C51H52N4O6SSi. The number of rotatable bonds is 10. The van der Waals surface area contributed by atoms with E-state index < -0.39 is 48.3 Å². The lowest BCUT2D eigenvalue weighted by Crippen LogP contribution is -2.67. The van der Waals surface area contributed by atoms with Crippen molar-refractivity contribution in [2.24, 2.45) is 0 Å². The molecule has 0 spiro atoms. The van der Waals surface area contributed by atoms with Gasteiger partial charge >= 0.3 is 0 Å². The predicted octanol–water partition coefficient (Wildman–Crippen LogP) is 7.21. The molecule has 0 radical (unpaired) electrons. The highest BCUT2D eigenvalue weighted by Crippen LogP contribution is 2.39. The second-order valence-corrected chi connectivity index (χ2v) is 23.3. The van der Waals surface area contributed by atoms with Crippen LogP contribution in [0.2, 0.25) is 5.04 Å². The number of aryl methyl sites for hydroxylation is 1. The Morgan fingerprint density at radius 2 is 1.37 bits per heavy atom. The van der Waals surface area contributed by atoms with Crippen LogP contribution in [0.5, 0.6) is 5.75 Å². The number of benzene rings is 6. The monoisotopic (exact) mass is 876 g/mol. The third-order valence-electron chi connectivity index (χ3n) is 12.0. The average molecular weight is 877 g/mol. The summed E-state index contributed by atoms with van der Waals surface area (Å²) in [5.41, 5.74) is 5.07. The summed E-state index contributed by atoms with van der Waals surface area (Å²) < 4.78 is 38.0. The highest BCUT2D eigenvalue weighted by Gasteiger charge is 2.50. The van der Waals surface area contributed by atoms with E-state index in [0.717, 1.165) is 38.0 Å². The number of fused-ring (bicyclic) bond motifs is 8. The van der Waals surface area contributed by atoms with Crippen LogP contribution in [0, 0.1) is 6.92 Å². The number of phenols is 1. The SMILES string of the molecule is Cc1ccc(S(=O)(=O)N[C@@H]2Cc3c[nH]c4cc(ccc34)-c3cc(ccc3O)[C@H](CO[Si](c3ccccc3)(c3ccccc3)C(C)(C)C)NC(=O)[C@@H](Cc3ccccc3)NC2=O)cc1. The smallest absolute Gasteiger partial charge is 0.261 e. The Labute approximate surface area is 369 Å². The second-order valence-electron chi connectivity index (χ2n) is 17.3. The van der Waals surface area contributed by atoms with Gasteiger partial charge in [-0.25, -0.2) is 8.42 Å². The largest absolute Gasteiger partial charge is 0.507 e. The van der Waals surface area contributed by atoms with Crippen molar-refractivity contribution >= 4 is 51.4 Å². The van der Waals surface area contributed by atoms with E-state index in [9.17, 15) is 23.1 Å². The van der Waals surface area contributed by atoms with Gasteiger partial charge in [0, 0.05) is 29.1 Å². The molecule has 5 N–H and O–H groups in total. The maximum Gasteiger partial charge on any atom is 0.261 e. The highest BCUT2D eigenvalue weighted by atomic mass is 32.2. The fourth-order valence-corrected chi connectivity index (χ4v) is 14.5. The van der Waals surface area contributed by atoms with Gasteiger partial charge in [-0.2, -0.15) is 4.72 Å². The zero-order valence-corrected chi connectivity index (χ0v) is 37.6. The van der Waals surface area contributed by atoms with Crippen LogP contribution in [-0.2, 0) is 36.9 Å². The number of aromatic nitrogens is 1. The Morgan fingerprint density at radius 3 is 2.00 bits per heavy atom. The molecule has 10 nitrogen and oxygen atoms in total. The van der Waals surface area contributed by atoms with Gasteiger partial charge in [0.2, 0.25) is 21.8 Å². The molecule has 9 rings (SSSR count). The van der Waals surface area contributed by atoms with E-state index in [0.29, 0.717) is 16.7 Å². The Morgan fingerprint density at radius 1 is 0.746 bits per heavy atom. The lowest BCUT2D eigenvalue weighted by molar-refractivity contribution is -0.130. The van der Waals surface area contributed by atoms with Gasteiger partial charge in [-0.3, -0.25) is 9.59 Å². The average Bonchev–Trinajstić information content (AvgIpc) is 3.68. The van der Waals surface area contributed by atoms with Crippen LogP contribution in [0.25, 0.3) is 22.0 Å². The van der Waals surface area contributed by atoms with Gasteiger partial charge in [-0.1, -0.05) is 148 Å². The number of aromatic hydroxyl groups is 1. The van der Waals surface area contributed by atoms with Crippen molar-refractivity contribution in [1.29, 1.82) is 0 Å². The minimum absolute atomic E-state index is 0.0138. The highest BCUT2D eigenvalue weighted by molar-refractivity contribution is 7.89. The number of amides is 2. The van der Waals surface area contributed by atoms with Crippen LogP contribution in [-0.4, -0.2) is 57.3 Å². The number of carbonyl (C=O) groups is 2. The van der Waals surface area contributed by atoms with Gasteiger partial charge in [0.1, 0.15) is 17.8 Å². The molecule has 3 heterocycles. The maximum absolute atomic E-state index is 15.0. The molecule has 1 aromatic heterocycles. The molecule has 12 heteroatoms. The summed E-state index contributed by atoms with van der Waals surface area (Å²) in [6.45, 7) is 8.47. The Hall–Kier alpha value is -6.31. The molecule has 3 atom stereocenters. The van der Waals surface area contributed by atoms with Gasteiger partial charge in [0.05, 0.1) is 17.5 Å². The Bertz CT molecular complexity index is 2810. The van der Waals surface area contributed by atoms with Crippen molar-refractivity contribution < 1.29 is 27.5 Å². The van der Waals surface area contributed by atoms with Crippen molar-refractivity contribution in [3.05, 3.63) is 180 Å². The molecule has 322 valence electrons. The van der Waals surface area contributed by atoms with Gasteiger partial charge < -0.3 is 25.2 Å². The summed E-state index contributed by atoms with van der Waals surface area (Å²) in [4.78, 5) is 33.0. The van der Waals surface area contributed by atoms with E-state index in [2.05, 4.69) is 65.4 Å². The zero-order valence-electron chi connectivity index (χ0n) is 35.8. The van der Waals surface area contributed by atoms with Crippen molar-refractivity contribution in [3.63, 3.8) is 0 Å². The number of phenolic OH excluding ortho intramolecular Hbond substituents is 1. The fourth-order valence-electron chi connectivity index (χ4n) is 8.70. The molecule has 6 aromatic carbocycles. The fraction of sp³-hybridized carbons (Fsp3) is 0.216. The van der Waals surface area contributed by atoms with E-state index in [1.165, 1.54) is 12.1 Å². The third-order valence-corrected chi connectivity index (χ3v) is 18.5. The van der Waals surface area contributed by atoms with E-state index in [4.69, 9.17) is 4.43 Å². The second kappa shape index (κ2) is 17.8. The van der Waals surface area contributed by atoms with E-state index in [1.54, 1.807) is 30.5 Å². The molecule has 2 amide bonds. The van der Waals surface area contributed by atoms with Crippen LogP contribution in [0.4, 0.5) is 0 Å². The number of hydrogen-bond acceptors (Lipinski definition) is 6. The molecule has 0 saturated carbocycles. The molecular weight excluding hydrogens is 825 g/mol. The third kappa shape index (κ3) is 9.12. The van der Waals surface area contributed by atoms with E-state index in [1.807, 2.05) is 97.9 Å². The van der Waals surface area contributed by atoms with E-state index in [-0.39, 0.29) is 35.1 Å². The number of carbonyl (C=O) groups excluding carboxylic acids is 2. The minimum Gasteiger partial charge on any atom is -0.507 e. The number of sulfonamides is 1. The molecule has 0 unspecified atom stereocenters. The van der Waals surface area contributed by atoms with Crippen molar-refractivity contribution in [3.8, 4) is 16.9 Å². The molecule has 2 aliphatic heterocycles. The standard InChI is InChI=1S/C51H52N4O6SSi/c1-34-20-24-39(25-21-34)62(59,60)55-46-31-38-32-52-44-30-36(22-26-42(38)44)43-29-37(23-27-48(43)56)47(54-49(57)45(53-50(46)58)28-35-14-8-5-9-15-35)33-61-63(51(2,3)4,40-16-10-6-11-17-40)41-18-12-7-13-19-41/h5-27,29-30,32,45-47,52,55-56H,28,31,33H2,1-4H3,(H,53,58)(H,54,57)/t45-,46-,47+/m1/s1. The summed E-state index contributed by atoms with van der Waals surface area (Å²) in [6.07, 6.45) is 1.86. The quantitative estimate of drug-likeness (QED) is 0.0918. The normalized spacial score (nSPS) is 17.4. The summed E-state index contributed by atoms with van der Waals surface area (Å²) in [7, 11) is -7.32. The first kappa shape index (κ1) is 43.3. The minimum atomic E-state index is -4.19. The Balaban J connectivity index is 1.26. The van der Waals surface area contributed by atoms with Crippen LogP contribution in [0.1, 0.15) is 49.1 Å². The molecule has 0 saturated heterocycles. The van der Waals surface area contributed by atoms with Crippen molar-refractivity contribution in [2.75, 3.05) is 6.61 Å². The predicted molar refractivity (Wildman–Crippen MR) is 251 cm³/mol. The molecule has 0 aliphatic carbocycles. The Kier molecular flexibility index (Phi) is 12.3. The number of nitrogens with one attached hydrogen (secondary N) is 4. The lowest BCUT2D eigenvalue weighted by atomic mass is 9.96. The topological polar surface area (TPSA) is 150 Å². The van der Waals surface area contributed by atoms with E-state index >= 15 is 0 Å². The molecule has 7 aromatic rings. The molecule has 63 heavy (non-hydrogen) atoms. The van der Waals surface area contributed by atoms with Gasteiger partial charge in [-0.05, 0) is 81.3 Å². The number of H-pyrrole nitrogens is 1. The summed E-state index contributed by atoms with van der Waals surface area (Å²) in [5, 5.41) is 20.2. The van der Waals surface area contributed by atoms with Crippen molar-refractivity contribution in [1.82, 2.24) is 20.3 Å². The summed E-state index contributed by atoms with van der Waals surface area (Å²) in [6, 6.07) is 44.1. The van der Waals surface area contributed by atoms with Gasteiger partial charge in [0.15, 0.2) is 0 Å². The zero-order chi connectivity index (χ0) is 44.4. The van der Waals surface area contributed by atoms with Gasteiger partial charge in [0.25, 0.3) is 8.32 Å². The number of hydrogen-bond donors (Lipinski definition) is 5. The van der Waals surface area contributed by atoms with Crippen molar-refractivity contribution in [2.45, 2.75) is 68.6 Å². The number of aromatic amines is 1. The van der Waals surface area contributed by atoms with Crippen LogP contribution in [0.15, 0.2) is 163 Å². The first-order valence-electron chi connectivity index (χ1n) is 21.1. The molecule has 2 aliphatic rings. The van der Waals surface area contributed by atoms with Gasteiger partial charge in [-0.15, -0.1) is 0 Å². The van der Waals surface area contributed by atoms with Crippen LogP contribution >= 0.6 is 0 Å². The van der Waals surface area contributed by atoms with Crippen LogP contribution < -0.4 is 25.7 Å². The molecule has 0 fully saturated rings. The first-order chi connectivity index (χ1) is 30.2. The summed E-state index contributed by atoms with van der Waals surface area (Å²) in [5.74, 6) is -1.09. The maximum atomic E-state index is 15.0. The first-order valence-corrected chi connectivity index (χ1v) is 24.5. The molecule has 6 bridgehead atoms. The van der Waals surface area contributed by atoms with Crippen LogP contribution in [0.3, 0.4) is 0 Å². The lowest BCUT2D eigenvalue weighted by Gasteiger charge is -2.44. The summed E-state index contributed by atoms with van der Waals surface area (Å²) >= 11 is 0.